The highest BCUT2D eigenvalue weighted by Gasteiger charge is 2.38. The molecule has 4 rings (SSSR count). The largest absolute Gasteiger partial charge is 0.361 e. The number of carbonyl (C=O) groups excluding carboxylic acids is 1. The Morgan fingerprint density at radius 1 is 0.733 bits per heavy atom. The van der Waals surface area contributed by atoms with Crippen molar-refractivity contribution < 1.29 is 4.79 Å². The average Bonchev–Trinajstić information content (AvgIpc) is 2.83. The lowest BCUT2D eigenvalue weighted by Gasteiger charge is -2.43. The first-order valence-corrected chi connectivity index (χ1v) is 12.0. The van der Waals surface area contributed by atoms with E-state index in [0.29, 0.717) is 5.78 Å². The standard InChI is InChI=1S/C27H36N2O/c1-3-21-13-5-7-15-23(21)28-19-11-9-17-25(28)27(30)26-18-10-12-20-29(26)24-16-8-6-14-22(24)4-2/h5-8,13-16,25-26H,3-4,9-12,17-20H2,1-2H3. The molecular formula is C27H36N2O. The minimum absolute atomic E-state index is 0.00541. The van der Waals surface area contributed by atoms with Gasteiger partial charge in [0.1, 0.15) is 0 Å². The summed E-state index contributed by atoms with van der Waals surface area (Å²) < 4.78 is 0. The molecule has 0 aromatic heterocycles. The van der Waals surface area contributed by atoms with Crippen molar-refractivity contribution >= 4 is 17.2 Å². The van der Waals surface area contributed by atoms with Crippen molar-refractivity contribution in [1.29, 1.82) is 0 Å². The SMILES string of the molecule is CCc1ccccc1N1CCCCC1C(=O)C1CCCCN1c1ccccc1CC. The number of anilines is 2. The Labute approximate surface area is 182 Å². The van der Waals surface area contributed by atoms with Gasteiger partial charge < -0.3 is 9.80 Å². The van der Waals surface area contributed by atoms with E-state index in [0.717, 1.165) is 51.6 Å². The fourth-order valence-corrected chi connectivity index (χ4v) is 5.43. The topological polar surface area (TPSA) is 23.6 Å². The van der Waals surface area contributed by atoms with Crippen LogP contribution < -0.4 is 9.80 Å². The van der Waals surface area contributed by atoms with Crippen molar-refractivity contribution in [2.24, 2.45) is 0 Å². The summed E-state index contributed by atoms with van der Waals surface area (Å²) in [4.78, 5) is 18.9. The van der Waals surface area contributed by atoms with E-state index < -0.39 is 0 Å². The van der Waals surface area contributed by atoms with Gasteiger partial charge in [0.15, 0.2) is 5.78 Å². The highest BCUT2D eigenvalue weighted by Crippen LogP contribution is 2.34. The summed E-state index contributed by atoms with van der Waals surface area (Å²) in [6, 6.07) is 17.4. The predicted molar refractivity (Wildman–Crippen MR) is 127 cm³/mol. The third-order valence-electron chi connectivity index (χ3n) is 7.03. The molecular weight excluding hydrogens is 368 g/mol. The Kier molecular flexibility index (Phi) is 6.76. The Hall–Kier alpha value is -2.29. The molecule has 2 aromatic rings. The second-order valence-corrected chi connectivity index (χ2v) is 8.78. The number of piperidine rings is 2. The number of benzene rings is 2. The van der Waals surface area contributed by atoms with E-state index in [1.54, 1.807) is 0 Å². The molecule has 2 heterocycles. The Balaban J connectivity index is 1.65. The summed E-state index contributed by atoms with van der Waals surface area (Å²) in [5.41, 5.74) is 5.26. The summed E-state index contributed by atoms with van der Waals surface area (Å²) in [5, 5.41) is 0. The van der Waals surface area contributed by atoms with E-state index in [1.807, 2.05) is 0 Å². The van der Waals surface area contributed by atoms with E-state index in [9.17, 15) is 4.79 Å². The third kappa shape index (κ3) is 4.12. The normalized spacial score (nSPS) is 22.2. The monoisotopic (exact) mass is 404 g/mol. The number of ketones is 1. The van der Waals surface area contributed by atoms with Crippen LogP contribution >= 0.6 is 0 Å². The molecule has 0 bridgehead atoms. The van der Waals surface area contributed by atoms with Crippen molar-refractivity contribution in [3.05, 3.63) is 59.7 Å². The third-order valence-corrected chi connectivity index (χ3v) is 7.03. The Morgan fingerprint density at radius 2 is 1.17 bits per heavy atom. The van der Waals surface area contributed by atoms with Gasteiger partial charge >= 0.3 is 0 Å². The first-order valence-electron chi connectivity index (χ1n) is 12.0. The number of nitrogens with zero attached hydrogens (tertiary/aromatic N) is 2. The number of rotatable bonds is 6. The molecule has 0 aliphatic carbocycles. The van der Waals surface area contributed by atoms with Crippen molar-refractivity contribution in [3.63, 3.8) is 0 Å². The Morgan fingerprint density at radius 3 is 1.60 bits per heavy atom. The lowest BCUT2D eigenvalue weighted by molar-refractivity contribution is -0.122. The number of aryl methyl sites for hydroxylation is 2. The van der Waals surface area contributed by atoms with Crippen LogP contribution in [0.5, 0.6) is 0 Å². The van der Waals surface area contributed by atoms with E-state index >= 15 is 0 Å². The molecule has 2 atom stereocenters. The van der Waals surface area contributed by atoms with Gasteiger partial charge in [-0.3, -0.25) is 4.79 Å². The van der Waals surface area contributed by atoms with Gasteiger partial charge in [0.25, 0.3) is 0 Å². The van der Waals surface area contributed by atoms with E-state index in [4.69, 9.17) is 0 Å². The maximum absolute atomic E-state index is 14.0. The summed E-state index contributed by atoms with van der Waals surface area (Å²) in [6.45, 7) is 6.41. The van der Waals surface area contributed by atoms with Gasteiger partial charge in [0.05, 0.1) is 12.1 Å². The Bertz CT molecular complexity index is 792. The zero-order valence-corrected chi connectivity index (χ0v) is 18.6. The van der Waals surface area contributed by atoms with Crippen LogP contribution in [0.1, 0.15) is 63.5 Å². The molecule has 2 unspecified atom stereocenters. The zero-order valence-electron chi connectivity index (χ0n) is 18.6. The number of para-hydroxylation sites is 2. The maximum Gasteiger partial charge on any atom is 0.177 e. The van der Waals surface area contributed by atoms with Crippen LogP contribution in [0.3, 0.4) is 0 Å². The van der Waals surface area contributed by atoms with Gasteiger partial charge in [0, 0.05) is 24.5 Å². The number of hydrogen-bond acceptors (Lipinski definition) is 3. The van der Waals surface area contributed by atoms with Gasteiger partial charge in [-0.05, 0) is 74.6 Å². The second-order valence-electron chi connectivity index (χ2n) is 8.78. The molecule has 2 aliphatic heterocycles. The van der Waals surface area contributed by atoms with Crippen LogP contribution in [0.4, 0.5) is 11.4 Å². The lowest BCUT2D eigenvalue weighted by atomic mass is 9.88. The molecule has 0 saturated carbocycles. The van der Waals surface area contributed by atoms with E-state index in [2.05, 4.69) is 72.2 Å². The van der Waals surface area contributed by atoms with Crippen molar-refractivity contribution in [2.75, 3.05) is 22.9 Å². The number of Topliss-reactive ketones (excluding diaryl/α,β-unsaturated/α-hetero) is 1. The molecule has 2 aliphatic rings. The van der Waals surface area contributed by atoms with E-state index in [1.165, 1.54) is 35.3 Å². The molecule has 30 heavy (non-hydrogen) atoms. The fourth-order valence-electron chi connectivity index (χ4n) is 5.43. The van der Waals surface area contributed by atoms with Crippen molar-refractivity contribution in [1.82, 2.24) is 0 Å². The zero-order chi connectivity index (χ0) is 20.9. The van der Waals surface area contributed by atoms with Gasteiger partial charge in [-0.1, -0.05) is 50.2 Å². The van der Waals surface area contributed by atoms with Crippen molar-refractivity contribution in [2.45, 2.75) is 77.3 Å². The molecule has 2 aromatic carbocycles. The summed E-state index contributed by atoms with van der Waals surface area (Å²) >= 11 is 0. The molecule has 0 spiro atoms. The first-order chi connectivity index (χ1) is 14.7. The second kappa shape index (κ2) is 9.68. The van der Waals surface area contributed by atoms with Crippen LogP contribution in [0, 0.1) is 0 Å². The number of carbonyl (C=O) groups is 1. The first kappa shape index (κ1) is 21.0. The van der Waals surface area contributed by atoms with Gasteiger partial charge in [-0.2, -0.15) is 0 Å². The molecule has 2 fully saturated rings. The lowest BCUT2D eigenvalue weighted by Crippen LogP contribution is -2.55. The molecule has 3 nitrogen and oxygen atoms in total. The average molecular weight is 405 g/mol. The molecule has 0 radical (unpaired) electrons. The van der Waals surface area contributed by atoms with Crippen LogP contribution in [-0.4, -0.2) is 31.0 Å². The van der Waals surface area contributed by atoms with Gasteiger partial charge in [0.2, 0.25) is 0 Å². The molecule has 160 valence electrons. The summed E-state index contributed by atoms with van der Waals surface area (Å²) in [5.74, 6) is 0.436. The van der Waals surface area contributed by atoms with Crippen LogP contribution in [0.2, 0.25) is 0 Å². The summed E-state index contributed by atoms with van der Waals surface area (Å²) in [7, 11) is 0. The molecule has 3 heteroatoms. The van der Waals surface area contributed by atoms with E-state index in [-0.39, 0.29) is 12.1 Å². The molecule has 0 amide bonds. The van der Waals surface area contributed by atoms with Crippen LogP contribution in [0.15, 0.2) is 48.5 Å². The van der Waals surface area contributed by atoms with Crippen LogP contribution in [0.25, 0.3) is 0 Å². The van der Waals surface area contributed by atoms with Gasteiger partial charge in [-0.25, -0.2) is 0 Å². The fraction of sp³-hybridized carbons (Fsp3) is 0.519. The molecule has 2 saturated heterocycles. The predicted octanol–water partition coefficient (Wildman–Crippen LogP) is 5.80. The molecule has 0 N–H and O–H groups in total. The number of hydrogen-bond donors (Lipinski definition) is 0. The van der Waals surface area contributed by atoms with Crippen LogP contribution in [-0.2, 0) is 17.6 Å². The maximum atomic E-state index is 14.0. The van der Waals surface area contributed by atoms with Gasteiger partial charge in [-0.15, -0.1) is 0 Å². The van der Waals surface area contributed by atoms with Crippen molar-refractivity contribution in [3.8, 4) is 0 Å². The summed E-state index contributed by atoms with van der Waals surface area (Å²) in [6.07, 6.45) is 8.63. The minimum Gasteiger partial charge on any atom is -0.361 e. The minimum atomic E-state index is 0.00541. The highest BCUT2D eigenvalue weighted by molar-refractivity contribution is 5.95. The highest BCUT2D eigenvalue weighted by atomic mass is 16.1. The quantitative estimate of drug-likeness (QED) is 0.608. The smallest absolute Gasteiger partial charge is 0.177 e.